The first-order valence-corrected chi connectivity index (χ1v) is 9.22. The van der Waals surface area contributed by atoms with Crippen molar-refractivity contribution >= 4 is 23.2 Å². The lowest BCUT2D eigenvalue weighted by atomic mass is 9.89. The van der Waals surface area contributed by atoms with Crippen molar-refractivity contribution in [1.82, 2.24) is 5.32 Å². The summed E-state index contributed by atoms with van der Waals surface area (Å²) in [4.78, 5) is 13.6. The first-order valence-electron chi connectivity index (χ1n) is 8.84. The largest absolute Gasteiger partial charge is 0.455 e. The molecule has 8 heteroatoms. The maximum absolute atomic E-state index is 14.9. The van der Waals surface area contributed by atoms with Gasteiger partial charge in [-0.1, -0.05) is 17.7 Å². The van der Waals surface area contributed by atoms with Crippen molar-refractivity contribution < 1.29 is 18.3 Å². The molecule has 144 valence electrons. The Bertz CT molecular complexity index is 1020. The molecule has 0 bridgehead atoms. The van der Waals surface area contributed by atoms with Gasteiger partial charge in [-0.15, -0.1) is 0 Å². The second kappa shape index (κ2) is 6.95. The van der Waals surface area contributed by atoms with Crippen molar-refractivity contribution in [3.63, 3.8) is 0 Å². The predicted molar refractivity (Wildman–Crippen MR) is 99.5 cm³/mol. The van der Waals surface area contributed by atoms with Gasteiger partial charge < -0.3 is 15.0 Å². The zero-order chi connectivity index (χ0) is 20.0. The molecule has 2 aromatic rings. The monoisotopic (exact) mass is 403 g/mol. The molecule has 2 atom stereocenters. The fourth-order valence-corrected chi connectivity index (χ4v) is 4.40. The average molecular weight is 404 g/mol. The number of benzene rings is 2. The summed E-state index contributed by atoms with van der Waals surface area (Å²) < 4.78 is 35.1. The lowest BCUT2D eigenvalue weighted by molar-refractivity contribution is -0.120. The van der Waals surface area contributed by atoms with E-state index in [9.17, 15) is 18.8 Å². The summed E-state index contributed by atoms with van der Waals surface area (Å²) in [6, 6.07) is 6.27. The zero-order valence-corrected chi connectivity index (χ0v) is 15.7. The Hall–Kier alpha value is -2.85. The van der Waals surface area contributed by atoms with Crippen LogP contribution in [0.25, 0.3) is 0 Å². The number of halogens is 3. The Labute approximate surface area is 165 Å². The van der Waals surface area contributed by atoms with Crippen LogP contribution in [-0.2, 0) is 4.79 Å². The number of hydrogen-bond acceptors (Lipinski definition) is 4. The highest BCUT2D eigenvalue weighted by Crippen LogP contribution is 2.52. The van der Waals surface area contributed by atoms with Gasteiger partial charge in [0, 0.05) is 19.5 Å². The molecule has 2 aromatic carbocycles. The van der Waals surface area contributed by atoms with Crippen LogP contribution in [0.1, 0.15) is 36.9 Å². The number of piperidine rings is 1. The molecular formula is C20H16ClF2N3O2. The first kappa shape index (κ1) is 18.5. The normalized spacial score (nSPS) is 20.0. The van der Waals surface area contributed by atoms with Gasteiger partial charge in [-0.05, 0) is 25.0 Å². The molecule has 1 N–H and O–H groups in total. The number of amides is 1. The van der Waals surface area contributed by atoms with Crippen molar-refractivity contribution in [2.75, 3.05) is 11.4 Å². The van der Waals surface area contributed by atoms with Crippen LogP contribution in [0.5, 0.6) is 11.5 Å². The van der Waals surface area contributed by atoms with E-state index in [4.69, 9.17) is 16.3 Å². The van der Waals surface area contributed by atoms with Gasteiger partial charge >= 0.3 is 0 Å². The topological polar surface area (TPSA) is 65.4 Å². The van der Waals surface area contributed by atoms with Gasteiger partial charge in [-0.3, -0.25) is 4.79 Å². The fourth-order valence-electron chi connectivity index (χ4n) is 4.06. The molecule has 5 nitrogen and oxygen atoms in total. The molecule has 0 saturated carbocycles. The second-order valence-electron chi connectivity index (χ2n) is 6.85. The number of nitrogens with one attached hydrogen (secondary N) is 1. The Morgan fingerprint density at radius 2 is 2.14 bits per heavy atom. The zero-order valence-electron chi connectivity index (χ0n) is 14.9. The lowest BCUT2D eigenvalue weighted by Gasteiger charge is -2.42. The van der Waals surface area contributed by atoms with Crippen LogP contribution < -0.4 is 15.0 Å². The van der Waals surface area contributed by atoms with E-state index >= 15 is 0 Å². The Morgan fingerprint density at radius 3 is 2.86 bits per heavy atom. The van der Waals surface area contributed by atoms with E-state index in [1.807, 2.05) is 0 Å². The Morgan fingerprint density at radius 1 is 1.36 bits per heavy atom. The molecule has 2 aliphatic heterocycles. The minimum Gasteiger partial charge on any atom is -0.455 e. The summed E-state index contributed by atoms with van der Waals surface area (Å²) in [7, 11) is 0. The number of fused-ring (bicyclic) bond motifs is 5. The van der Waals surface area contributed by atoms with Crippen LogP contribution >= 0.6 is 11.6 Å². The quantitative estimate of drug-likeness (QED) is 0.764. The average Bonchev–Trinajstić information content (AvgIpc) is 2.77. The van der Waals surface area contributed by atoms with Gasteiger partial charge in [0.2, 0.25) is 5.91 Å². The standard InChI is InChI=1S/C20H16ClF2N3O2/c1-10(27)25-14-5-3-7-26-19(14)17-12(22)4-2-6-15(17)28-16-8-13(23)11(9-24)18(21)20(16)26/h2,4,6,8,14,19H,3,5,7H2,1H3,(H,25,27)/t14-,19-/m1/s1. The maximum atomic E-state index is 14.9. The third-order valence-corrected chi connectivity index (χ3v) is 5.47. The maximum Gasteiger partial charge on any atom is 0.217 e. The molecule has 0 unspecified atom stereocenters. The second-order valence-corrected chi connectivity index (χ2v) is 7.23. The number of anilines is 1. The van der Waals surface area contributed by atoms with E-state index in [1.165, 1.54) is 19.1 Å². The number of nitrogens with zero attached hydrogens (tertiary/aromatic N) is 2. The predicted octanol–water partition coefficient (Wildman–Crippen LogP) is 4.44. The molecule has 2 heterocycles. The minimum absolute atomic E-state index is 0.0841. The molecule has 1 amide bonds. The number of carbonyl (C=O) groups is 1. The number of ether oxygens (including phenoxy) is 1. The highest BCUT2D eigenvalue weighted by Gasteiger charge is 2.41. The van der Waals surface area contributed by atoms with E-state index in [0.717, 1.165) is 6.07 Å². The number of rotatable bonds is 1. The molecule has 0 radical (unpaired) electrons. The number of carbonyl (C=O) groups excluding carboxylic acids is 1. The summed E-state index contributed by atoms with van der Waals surface area (Å²) in [6.07, 6.45) is 1.33. The summed E-state index contributed by atoms with van der Waals surface area (Å²) in [5, 5.41) is 12.1. The van der Waals surface area contributed by atoms with E-state index in [2.05, 4.69) is 5.32 Å². The van der Waals surface area contributed by atoms with Crippen molar-refractivity contribution in [1.29, 1.82) is 5.26 Å². The van der Waals surface area contributed by atoms with Crippen molar-refractivity contribution in [2.45, 2.75) is 31.8 Å². The molecule has 4 rings (SSSR count). The van der Waals surface area contributed by atoms with Gasteiger partial charge in [-0.2, -0.15) is 5.26 Å². The van der Waals surface area contributed by atoms with Gasteiger partial charge in [-0.25, -0.2) is 8.78 Å². The van der Waals surface area contributed by atoms with Gasteiger partial charge in [0.1, 0.15) is 34.7 Å². The third kappa shape index (κ3) is 2.85. The molecule has 28 heavy (non-hydrogen) atoms. The number of nitriles is 1. The van der Waals surface area contributed by atoms with E-state index in [0.29, 0.717) is 25.1 Å². The third-order valence-electron chi connectivity index (χ3n) is 5.10. The van der Waals surface area contributed by atoms with Crippen molar-refractivity contribution in [3.8, 4) is 17.6 Å². The highest BCUT2D eigenvalue weighted by molar-refractivity contribution is 6.35. The van der Waals surface area contributed by atoms with Gasteiger partial charge in [0.25, 0.3) is 0 Å². The smallest absolute Gasteiger partial charge is 0.217 e. The molecule has 0 aliphatic carbocycles. The van der Waals surface area contributed by atoms with Gasteiger partial charge in [0.05, 0.1) is 22.7 Å². The van der Waals surface area contributed by atoms with E-state index in [-0.39, 0.29) is 33.6 Å². The summed E-state index contributed by atoms with van der Waals surface area (Å²) in [5.41, 5.74) is 0.304. The van der Waals surface area contributed by atoms with Crippen LogP contribution in [0.15, 0.2) is 24.3 Å². The molecule has 0 spiro atoms. The van der Waals surface area contributed by atoms with Crippen molar-refractivity contribution in [2.24, 2.45) is 0 Å². The highest BCUT2D eigenvalue weighted by atomic mass is 35.5. The van der Waals surface area contributed by atoms with Crippen LogP contribution in [-0.4, -0.2) is 18.5 Å². The molecule has 1 fully saturated rings. The molecule has 1 saturated heterocycles. The minimum atomic E-state index is -0.807. The Kier molecular flexibility index (Phi) is 4.60. The molecule has 0 aromatic heterocycles. The Balaban J connectivity index is 2.00. The van der Waals surface area contributed by atoms with Crippen LogP contribution in [0.4, 0.5) is 14.5 Å². The summed E-state index contributed by atoms with van der Waals surface area (Å²) in [5.74, 6) is -1.20. The lowest BCUT2D eigenvalue weighted by Crippen LogP contribution is -2.50. The van der Waals surface area contributed by atoms with Gasteiger partial charge in [0.15, 0.2) is 5.75 Å². The first-order chi connectivity index (χ1) is 13.4. The SMILES string of the molecule is CC(=O)N[C@@H]1CCCN2c3c(cc(F)c(C#N)c3Cl)Oc3cccc(F)c3[C@@H]12. The molecular weight excluding hydrogens is 388 g/mol. The molecule has 2 aliphatic rings. The summed E-state index contributed by atoms with van der Waals surface area (Å²) in [6.45, 7) is 1.89. The summed E-state index contributed by atoms with van der Waals surface area (Å²) >= 11 is 6.40. The van der Waals surface area contributed by atoms with E-state index < -0.39 is 23.7 Å². The van der Waals surface area contributed by atoms with E-state index in [1.54, 1.807) is 17.0 Å². The fraction of sp³-hybridized carbons (Fsp3) is 0.300. The number of hydrogen-bond donors (Lipinski definition) is 1. The van der Waals surface area contributed by atoms with Crippen LogP contribution in [0.2, 0.25) is 5.02 Å². The van der Waals surface area contributed by atoms with Crippen LogP contribution in [0.3, 0.4) is 0 Å². The van der Waals surface area contributed by atoms with Crippen molar-refractivity contribution in [3.05, 3.63) is 52.0 Å². The van der Waals surface area contributed by atoms with Crippen LogP contribution in [0, 0.1) is 23.0 Å².